The van der Waals surface area contributed by atoms with Crippen LogP contribution in [0.15, 0.2) is 42.9 Å². The van der Waals surface area contributed by atoms with E-state index in [2.05, 4.69) is 27.2 Å². The number of rotatable bonds is 6. The van der Waals surface area contributed by atoms with Crippen molar-refractivity contribution in [2.75, 3.05) is 0 Å². The first kappa shape index (κ1) is 18.3. The molecule has 4 rings (SSSR count). The molecule has 2 aromatic heterocycles. The largest absolute Gasteiger partial charge is 0.342 e. The topological polar surface area (TPSA) is 72.7 Å². The van der Waals surface area contributed by atoms with E-state index in [4.69, 9.17) is 0 Å². The standard InChI is InChI=1S/C22H25N5O/c1-4-15-13-24-14(2)25-19(15)17-6-5-7-18(12-17)22(28)26-20(16-8-9-16)21-23-10-11-27(21)3/h5-7,10-13,16,20H,4,8-9H2,1-3H3,(H,26,28)/t20-/m1/s1. The van der Waals surface area contributed by atoms with Gasteiger partial charge in [0.1, 0.15) is 11.6 Å². The van der Waals surface area contributed by atoms with Crippen molar-refractivity contribution in [1.29, 1.82) is 0 Å². The van der Waals surface area contributed by atoms with E-state index < -0.39 is 0 Å². The Morgan fingerprint density at radius 3 is 2.82 bits per heavy atom. The van der Waals surface area contributed by atoms with Crippen molar-refractivity contribution in [1.82, 2.24) is 24.8 Å². The van der Waals surface area contributed by atoms with Crippen molar-refractivity contribution >= 4 is 5.91 Å². The molecule has 1 saturated carbocycles. The molecule has 0 spiro atoms. The SMILES string of the molecule is CCc1cnc(C)nc1-c1cccc(C(=O)N[C@@H](c2nccn2C)C2CC2)c1. The molecule has 6 heteroatoms. The van der Waals surface area contributed by atoms with Gasteiger partial charge in [-0.3, -0.25) is 4.79 Å². The van der Waals surface area contributed by atoms with Crippen molar-refractivity contribution < 1.29 is 4.79 Å². The van der Waals surface area contributed by atoms with Crippen molar-refractivity contribution in [2.24, 2.45) is 13.0 Å². The highest BCUT2D eigenvalue weighted by atomic mass is 16.1. The van der Waals surface area contributed by atoms with Crippen LogP contribution in [0.2, 0.25) is 0 Å². The van der Waals surface area contributed by atoms with E-state index in [0.717, 1.165) is 47.7 Å². The number of hydrogen-bond donors (Lipinski definition) is 1. The van der Waals surface area contributed by atoms with Gasteiger partial charge in [0.05, 0.1) is 11.7 Å². The molecule has 1 aliphatic carbocycles. The molecular formula is C22H25N5O. The Morgan fingerprint density at radius 1 is 1.32 bits per heavy atom. The number of nitrogens with one attached hydrogen (secondary N) is 1. The van der Waals surface area contributed by atoms with E-state index in [9.17, 15) is 4.79 Å². The number of carbonyl (C=O) groups excluding carboxylic acids is 1. The summed E-state index contributed by atoms with van der Waals surface area (Å²) in [5, 5.41) is 3.20. The van der Waals surface area contributed by atoms with Gasteiger partial charge >= 0.3 is 0 Å². The summed E-state index contributed by atoms with van der Waals surface area (Å²) in [5.74, 6) is 2.02. The van der Waals surface area contributed by atoms with Crippen molar-refractivity contribution in [3.05, 3.63) is 65.6 Å². The van der Waals surface area contributed by atoms with Gasteiger partial charge in [-0.1, -0.05) is 19.1 Å². The zero-order valence-corrected chi connectivity index (χ0v) is 16.5. The molecule has 3 aromatic rings. The maximum absolute atomic E-state index is 13.0. The quantitative estimate of drug-likeness (QED) is 0.714. The third kappa shape index (κ3) is 3.67. The zero-order chi connectivity index (χ0) is 19.7. The number of aryl methyl sites for hydroxylation is 3. The Labute approximate surface area is 165 Å². The predicted molar refractivity (Wildman–Crippen MR) is 108 cm³/mol. The Morgan fingerprint density at radius 2 is 2.14 bits per heavy atom. The number of aromatic nitrogens is 4. The lowest BCUT2D eigenvalue weighted by molar-refractivity contribution is 0.0929. The van der Waals surface area contributed by atoms with Gasteiger partial charge in [-0.05, 0) is 49.8 Å². The highest BCUT2D eigenvalue weighted by Crippen LogP contribution is 2.40. The summed E-state index contributed by atoms with van der Waals surface area (Å²) in [5.41, 5.74) is 3.55. The van der Waals surface area contributed by atoms with E-state index in [1.165, 1.54) is 0 Å². The van der Waals surface area contributed by atoms with Crippen LogP contribution in [-0.2, 0) is 13.5 Å². The first-order valence-electron chi connectivity index (χ1n) is 9.78. The molecule has 0 bridgehead atoms. The van der Waals surface area contributed by atoms with Gasteiger partial charge in [0.15, 0.2) is 0 Å². The molecule has 6 nitrogen and oxygen atoms in total. The molecular weight excluding hydrogens is 350 g/mol. The average Bonchev–Trinajstić information content (AvgIpc) is 3.47. The lowest BCUT2D eigenvalue weighted by Gasteiger charge is -2.18. The number of hydrogen-bond acceptors (Lipinski definition) is 4. The summed E-state index contributed by atoms with van der Waals surface area (Å²) in [4.78, 5) is 26.4. The number of amides is 1. The van der Waals surface area contributed by atoms with Gasteiger partial charge in [0.25, 0.3) is 5.91 Å². The van der Waals surface area contributed by atoms with Crippen LogP contribution in [0, 0.1) is 12.8 Å². The van der Waals surface area contributed by atoms with E-state index in [1.807, 2.05) is 55.2 Å². The first-order chi connectivity index (χ1) is 13.6. The fourth-order valence-electron chi connectivity index (χ4n) is 3.54. The molecule has 1 aliphatic rings. The third-order valence-electron chi connectivity index (χ3n) is 5.28. The minimum atomic E-state index is -0.0782. The van der Waals surface area contributed by atoms with Crippen molar-refractivity contribution in [2.45, 2.75) is 39.2 Å². The molecule has 0 radical (unpaired) electrons. The minimum Gasteiger partial charge on any atom is -0.342 e. The van der Waals surface area contributed by atoms with Gasteiger partial charge in [-0.25, -0.2) is 15.0 Å². The monoisotopic (exact) mass is 375 g/mol. The molecule has 0 unspecified atom stereocenters. The highest BCUT2D eigenvalue weighted by Gasteiger charge is 2.35. The number of carbonyl (C=O) groups is 1. The Balaban J connectivity index is 1.62. The Kier molecular flexibility index (Phi) is 4.94. The summed E-state index contributed by atoms with van der Waals surface area (Å²) in [7, 11) is 1.97. The molecule has 1 amide bonds. The van der Waals surface area contributed by atoms with Gasteiger partial charge in [-0.15, -0.1) is 0 Å². The van der Waals surface area contributed by atoms with Crippen LogP contribution in [0.3, 0.4) is 0 Å². The smallest absolute Gasteiger partial charge is 0.251 e. The van der Waals surface area contributed by atoms with Gasteiger partial charge in [0.2, 0.25) is 0 Å². The summed E-state index contributed by atoms with van der Waals surface area (Å²) in [6.45, 7) is 3.97. The summed E-state index contributed by atoms with van der Waals surface area (Å²) in [6, 6.07) is 7.62. The lowest BCUT2D eigenvalue weighted by Crippen LogP contribution is -2.31. The average molecular weight is 375 g/mol. The number of benzene rings is 1. The van der Waals surface area contributed by atoms with Crippen LogP contribution in [0.25, 0.3) is 11.3 Å². The highest BCUT2D eigenvalue weighted by molar-refractivity contribution is 5.95. The molecule has 144 valence electrons. The van der Waals surface area contributed by atoms with Gasteiger partial charge in [-0.2, -0.15) is 0 Å². The fourth-order valence-corrected chi connectivity index (χ4v) is 3.54. The van der Waals surface area contributed by atoms with Crippen molar-refractivity contribution in [3.63, 3.8) is 0 Å². The summed E-state index contributed by atoms with van der Waals surface area (Å²) in [6.07, 6.45) is 8.65. The molecule has 1 atom stereocenters. The molecule has 28 heavy (non-hydrogen) atoms. The van der Waals surface area contributed by atoms with Gasteiger partial charge in [0, 0.05) is 36.8 Å². The normalized spacial score (nSPS) is 14.7. The van der Waals surface area contributed by atoms with E-state index in [-0.39, 0.29) is 11.9 Å². The van der Waals surface area contributed by atoms with Gasteiger partial charge < -0.3 is 9.88 Å². The number of imidazole rings is 1. The summed E-state index contributed by atoms with van der Waals surface area (Å²) < 4.78 is 1.98. The first-order valence-corrected chi connectivity index (χ1v) is 9.78. The van der Waals surface area contributed by atoms with Crippen LogP contribution >= 0.6 is 0 Å². The Hall–Kier alpha value is -3.02. The second kappa shape index (κ2) is 7.54. The van der Waals surface area contributed by atoms with Crippen LogP contribution in [0.4, 0.5) is 0 Å². The lowest BCUT2D eigenvalue weighted by atomic mass is 10.0. The van der Waals surface area contributed by atoms with Crippen LogP contribution < -0.4 is 5.32 Å². The van der Waals surface area contributed by atoms with Crippen molar-refractivity contribution in [3.8, 4) is 11.3 Å². The third-order valence-corrected chi connectivity index (χ3v) is 5.28. The zero-order valence-electron chi connectivity index (χ0n) is 16.5. The molecule has 1 aromatic carbocycles. The van der Waals surface area contributed by atoms with E-state index in [0.29, 0.717) is 11.5 Å². The van der Waals surface area contributed by atoms with Crippen LogP contribution in [0.5, 0.6) is 0 Å². The maximum Gasteiger partial charge on any atom is 0.251 e. The molecule has 0 aliphatic heterocycles. The summed E-state index contributed by atoms with van der Waals surface area (Å²) >= 11 is 0. The maximum atomic E-state index is 13.0. The van der Waals surface area contributed by atoms with E-state index >= 15 is 0 Å². The molecule has 1 fully saturated rings. The Bertz CT molecular complexity index is 1010. The minimum absolute atomic E-state index is 0.0522. The van der Waals surface area contributed by atoms with Crippen LogP contribution in [0.1, 0.15) is 53.4 Å². The fraction of sp³-hybridized carbons (Fsp3) is 0.364. The molecule has 0 saturated heterocycles. The van der Waals surface area contributed by atoms with E-state index in [1.54, 1.807) is 6.20 Å². The van der Waals surface area contributed by atoms with Crippen LogP contribution in [-0.4, -0.2) is 25.4 Å². The predicted octanol–water partition coefficient (Wildman–Crippen LogP) is 3.63. The second-order valence-corrected chi connectivity index (χ2v) is 7.41. The second-order valence-electron chi connectivity index (χ2n) is 7.41. The molecule has 2 heterocycles. The molecule has 1 N–H and O–H groups in total. The number of nitrogens with zero attached hydrogens (tertiary/aromatic N) is 4.